The number of nitrogens with two attached hydrogens (primary N) is 1. The van der Waals surface area contributed by atoms with E-state index in [1.54, 1.807) is 24.3 Å². The van der Waals surface area contributed by atoms with Gasteiger partial charge in [0.25, 0.3) is 12.3 Å². The van der Waals surface area contributed by atoms with Gasteiger partial charge in [-0.1, -0.05) is 62.7 Å². The Balaban J connectivity index is 1.39. The summed E-state index contributed by atoms with van der Waals surface area (Å²) in [5.74, 6) is -2.65. The van der Waals surface area contributed by atoms with Crippen molar-refractivity contribution in [2.75, 3.05) is 6.61 Å². The minimum atomic E-state index is -2.99. The number of ether oxygens (including phenoxy) is 1. The molecule has 6 rings (SSSR count). The Hall–Kier alpha value is -4.86. The van der Waals surface area contributed by atoms with E-state index in [1.165, 1.54) is 42.4 Å². The molecule has 2 aromatic carbocycles. The van der Waals surface area contributed by atoms with Crippen LogP contribution in [0, 0.1) is 11.3 Å². The van der Waals surface area contributed by atoms with Crippen LogP contribution in [0.25, 0.3) is 16.8 Å². The molecule has 0 spiro atoms. The molecule has 276 valence electrons. The Bertz CT molecular complexity index is 2010. The molecule has 1 saturated carbocycles. The van der Waals surface area contributed by atoms with Gasteiger partial charge in [-0.3, -0.25) is 14.5 Å². The molecule has 3 heterocycles. The van der Waals surface area contributed by atoms with E-state index in [4.69, 9.17) is 27.1 Å². The van der Waals surface area contributed by atoms with E-state index in [0.717, 1.165) is 11.0 Å². The summed E-state index contributed by atoms with van der Waals surface area (Å²) in [7, 11) is 0. The lowest BCUT2D eigenvalue weighted by molar-refractivity contribution is -0.148. The molecule has 1 aliphatic heterocycles. The highest BCUT2D eigenvalue weighted by molar-refractivity contribution is 6.32. The number of nitrogens with zero attached hydrogens (tertiary/aromatic N) is 7. The van der Waals surface area contributed by atoms with Crippen LogP contribution in [-0.4, -0.2) is 59.6 Å². The molecule has 4 atom stereocenters. The molecular weight excluding hydrogens is 711 g/mol. The molecule has 52 heavy (non-hydrogen) atoms. The van der Waals surface area contributed by atoms with E-state index in [9.17, 15) is 31.5 Å². The number of benzene rings is 2. The van der Waals surface area contributed by atoms with Gasteiger partial charge in [-0.2, -0.15) is 19.0 Å². The van der Waals surface area contributed by atoms with Crippen molar-refractivity contribution in [1.29, 1.82) is 0 Å². The quantitative estimate of drug-likeness (QED) is 0.119. The summed E-state index contributed by atoms with van der Waals surface area (Å²) < 4.78 is 75.3. The van der Waals surface area contributed by atoms with Crippen molar-refractivity contribution in [1.82, 2.24) is 29.4 Å². The van der Waals surface area contributed by atoms with Crippen molar-refractivity contribution in [3.8, 4) is 16.8 Å². The van der Waals surface area contributed by atoms with Crippen LogP contribution in [0.3, 0.4) is 0 Å². The van der Waals surface area contributed by atoms with E-state index in [2.05, 4.69) is 15.2 Å². The van der Waals surface area contributed by atoms with Crippen LogP contribution in [0.5, 0.6) is 0 Å². The van der Waals surface area contributed by atoms with Crippen molar-refractivity contribution in [2.24, 2.45) is 22.1 Å². The van der Waals surface area contributed by atoms with E-state index >= 15 is 0 Å². The summed E-state index contributed by atoms with van der Waals surface area (Å²) in [6, 6.07) is 9.86. The molecule has 4 aromatic rings. The van der Waals surface area contributed by atoms with Crippen LogP contribution in [0.15, 0.2) is 66.2 Å². The summed E-state index contributed by atoms with van der Waals surface area (Å²) >= 11 is 6.45. The third-order valence-electron chi connectivity index (χ3n) is 9.22. The van der Waals surface area contributed by atoms with Gasteiger partial charge in [-0.05, 0) is 54.0 Å². The summed E-state index contributed by atoms with van der Waals surface area (Å²) in [5.41, 5.74) is 4.79. The van der Waals surface area contributed by atoms with Gasteiger partial charge in [0.2, 0.25) is 0 Å². The Morgan fingerprint density at radius 1 is 1.10 bits per heavy atom. The first-order valence-corrected chi connectivity index (χ1v) is 16.7. The largest absolute Gasteiger partial charge is 0.463 e. The Morgan fingerprint density at radius 2 is 1.79 bits per heavy atom. The molecule has 1 fully saturated rings. The number of amides is 1. The van der Waals surface area contributed by atoms with Crippen LogP contribution < -0.4 is 5.73 Å². The number of esters is 1. The molecule has 2 aromatic heterocycles. The van der Waals surface area contributed by atoms with Crippen molar-refractivity contribution in [3.63, 3.8) is 0 Å². The Morgan fingerprint density at radius 3 is 2.38 bits per heavy atom. The summed E-state index contributed by atoms with van der Waals surface area (Å²) in [6.45, 7) is 3.90. The fourth-order valence-corrected chi connectivity index (χ4v) is 6.75. The number of aliphatic imine (C=N–C) groups is 1. The maximum Gasteiger partial charge on any atom is 0.333 e. The zero-order valence-corrected chi connectivity index (χ0v) is 29.4. The molecule has 0 radical (unpaired) electrons. The predicted octanol–water partition coefficient (Wildman–Crippen LogP) is 7.33. The minimum Gasteiger partial charge on any atom is -0.463 e. The monoisotopic (exact) mass is 746 g/mol. The van der Waals surface area contributed by atoms with Crippen molar-refractivity contribution < 1.29 is 36.3 Å². The molecule has 2 aliphatic rings. The number of carbonyl (C=O) groups excluding carboxylic acids is 2. The van der Waals surface area contributed by atoms with E-state index in [0.29, 0.717) is 21.4 Å². The van der Waals surface area contributed by atoms with Gasteiger partial charge < -0.3 is 10.5 Å². The van der Waals surface area contributed by atoms with Gasteiger partial charge in [0.05, 0.1) is 29.4 Å². The SMILES string of the molecule is CC(C)(C)C[C@]1(c2ccc(-c3cnn(C(F)F)c3)cc2)N=C(N)N([C@H](COC(=O)C[C@@H]2CC2(C)F)c2ccc(Cl)c(-n3ncnc3C(F)F)c2)C1=O. The second-order valence-corrected chi connectivity index (χ2v) is 14.8. The fraction of sp³-hybridized carbons (Fsp3) is 0.429. The van der Waals surface area contributed by atoms with Gasteiger partial charge in [-0.25, -0.2) is 32.5 Å². The lowest BCUT2D eigenvalue weighted by Crippen LogP contribution is -2.47. The minimum absolute atomic E-state index is 0.0170. The van der Waals surface area contributed by atoms with E-state index in [-0.39, 0.29) is 41.5 Å². The highest BCUT2D eigenvalue weighted by Crippen LogP contribution is 2.49. The first-order chi connectivity index (χ1) is 24.4. The summed E-state index contributed by atoms with van der Waals surface area (Å²) in [6.07, 6.45) is 0.667. The van der Waals surface area contributed by atoms with Gasteiger partial charge >= 0.3 is 12.5 Å². The third kappa shape index (κ3) is 7.25. The second-order valence-electron chi connectivity index (χ2n) is 14.4. The van der Waals surface area contributed by atoms with Crippen LogP contribution in [0.1, 0.15) is 82.9 Å². The maximum absolute atomic E-state index is 14.9. The van der Waals surface area contributed by atoms with Crippen molar-refractivity contribution in [3.05, 3.63) is 83.2 Å². The lowest BCUT2D eigenvalue weighted by Gasteiger charge is -2.35. The molecular formula is C35H36ClF5N8O3. The molecule has 0 saturated heterocycles. The first-order valence-electron chi connectivity index (χ1n) is 16.3. The number of aromatic nitrogens is 5. The highest BCUT2D eigenvalue weighted by atomic mass is 35.5. The van der Waals surface area contributed by atoms with Crippen molar-refractivity contribution >= 4 is 29.4 Å². The second kappa shape index (κ2) is 13.6. The zero-order chi connectivity index (χ0) is 37.7. The fourth-order valence-electron chi connectivity index (χ4n) is 6.55. The number of guanidine groups is 1. The normalized spacial score (nSPS) is 22.3. The number of halogens is 6. The number of hydrogen-bond acceptors (Lipinski definition) is 8. The molecule has 17 heteroatoms. The Labute approximate surface area is 300 Å². The summed E-state index contributed by atoms with van der Waals surface area (Å²) in [4.78, 5) is 37.4. The lowest BCUT2D eigenvalue weighted by atomic mass is 9.75. The third-order valence-corrected chi connectivity index (χ3v) is 9.54. The molecule has 1 unspecified atom stereocenters. The number of alkyl halides is 5. The van der Waals surface area contributed by atoms with Gasteiger partial charge in [0.1, 0.15) is 18.6 Å². The zero-order valence-electron chi connectivity index (χ0n) is 28.6. The average molecular weight is 747 g/mol. The maximum atomic E-state index is 14.9. The Kier molecular flexibility index (Phi) is 9.66. The van der Waals surface area contributed by atoms with Crippen molar-refractivity contribution in [2.45, 2.75) is 77.2 Å². The average Bonchev–Trinajstić information content (AvgIpc) is 3.53. The standard InChI is InChI=1S/C35H36ClF5N8O3/c1-33(2,3)17-35(22-8-5-19(6-9-22)21-14-44-47(15-21)31(39)40)30(51)48(32(42)46-35)26(16-52-27(50)12-23-13-34(23,4)41)20-7-10-24(36)25(11-20)49-29(28(37)38)43-18-45-49/h5-11,14-15,18,23,26,28,31H,12-13,16-17H2,1-4H3,(H2,42,46)/t23-,26-,34?,35-/m1/s1. The van der Waals surface area contributed by atoms with Gasteiger partial charge in [-0.15, -0.1) is 0 Å². The van der Waals surface area contributed by atoms with Crippen LogP contribution >= 0.6 is 11.6 Å². The molecule has 0 bridgehead atoms. The van der Waals surface area contributed by atoms with Crippen LogP contribution in [-0.2, 0) is 19.9 Å². The molecule has 1 aliphatic carbocycles. The first kappa shape index (κ1) is 36.9. The summed E-state index contributed by atoms with van der Waals surface area (Å²) in [5, 5.41) is 7.65. The predicted molar refractivity (Wildman–Crippen MR) is 180 cm³/mol. The molecule has 2 N–H and O–H groups in total. The van der Waals surface area contributed by atoms with Crippen LogP contribution in [0.4, 0.5) is 22.0 Å². The topological polar surface area (TPSA) is 134 Å². The van der Waals surface area contributed by atoms with E-state index < -0.39 is 65.9 Å². The van der Waals surface area contributed by atoms with Gasteiger partial charge in [0.15, 0.2) is 17.3 Å². The van der Waals surface area contributed by atoms with Crippen LogP contribution in [0.2, 0.25) is 5.02 Å². The molecule has 1 amide bonds. The molecule has 11 nitrogen and oxygen atoms in total. The highest BCUT2D eigenvalue weighted by Gasteiger charge is 2.54. The van der Waals surface area contributed by atoms with Gasteiger partial charge in [0, 0.05) is 17.7 Å². The van der Waals surface area contributed by atoms with E-state index in [1.807, 2.05) is 20.8 Å². The smallest absolute Gasteiger partial charge is 0.333 e. The number of carbonyl (C=O) groups is 2. The number of hydrogen-bond donors (Lipinski definition) is 1. The number of rotatable bonds is 12.